The SMILES string of the molecule is O=C(COc1ccccc1)NCC(O)c1cccc2ccccc12. The molecule has 1 amide bonds. The molecule has 0 aromatic heterocycles. The summed E-state index contributed by atoms with van der Waals surface area (Å²) < 4.78 is 5.38. The van der Waals surface area contributed by atoms with Crippen LogP contribution in [0.5, 0.6) is 5.75 Å². The Morgan fingerprint density at radius 3 is 2.50 bits per heavy atom. The normalized spacial score (nSPS) is 11.9. The van der Waals surface area contributed by atoms with Crippen LogP contribution in [0.1, 0.15) is 11.7 Å². The molecule has 3 aromatic rings. The molecule has 0 saturated heterocycles. The Hall–Kier alpha value is -2.85. The summed E-state index contributed by atoms with van der Waals surface area (Å²) in [6, 6.07) is 22.8. The minimum atomic E-state index is -0.767. The standard InChI is InChI=1S/C20H19NO3/c22-19(18-12-6-8-15-7-4-5-11-17(15)18)13-21-20(23)14-24-16-9-2-1-3-10-16/h1-12,19,22H,13-14H2,(H,21,23). The molecular weight excluding hydrogens is 302 g/mol. The Morgan fingerprint density at radius 1 is 0.958 bits per heavy atom. The molecule has 0 aliphatic rings. The lowest BCUT2D eigenvalue weighted by atomic mass is 10.0. The number of benzene rings is 3. The molecule has 4 heteroatoms. The largest absolute Gasteiger partial charge is 0.484 e. The molecule has 3 rings (SSSR count). The van der Waals surface area contributed by atoms with E-state index in [0.717, 1.165) is 16.3 Å². The van der Waals surface area contributed by atoms with Crippen LogP contribution in [0.4, 0.5) is 0 Å². The Bertz CT molecular complexity index is 812. The lowest BCUT2D eigenvalue weighted by Crippen LogP contribution is -2.32. The third-order valence-electron chi connectivity index (χ3n) is 3.79. The number of hydrogen-bond donors (Lipinski definition) is 2. The summed E-state index contributed by atoms with van der Waals surface area (Å²) >= 11 is 0. The van der Waals surface area contributed by atoms with E-state index in [0.29, 0.717) is 5.75 Å². The number of carbonyl (C=O) groups excluding carboxylic acids is 1. The van der Waals surface area contributed by atoms with E-state index in [2.05, 4.69) is 5.32 Å². The summed E-state index contributed by atoms with van der Waals surface area (Å²) in [7, 11) is 0. The molecule has 1 unspecified atom stereocenters. The van der Waals surface area contributed by atoms with Crippen molar-refractivity contribution in [2.45, 2.75) is 6.10 Å². The zero-order valence-corrected chi connectivity index (χ0v) is 13.2. The molecule has 0 saturated carbocycles. The summed E-state index contributed by atoms with van der Waals surface area (Å²) in [6.07, 6.45) is -0.767. The predicted molar refractivity (Wildman–Crippen MR) is 93.9 cm³/mol. The second-order valence-corrected chi connectivity index (χ2v) is 5.49. The van der Waals surface area contributed by atoms with Gasteiger partial charge in [-0.05, 0) is 28.5 Å². The average molecular weight is 321 g/mol. The first-order valence-corrected chi connectivity index (χ1v) is 7.84. The molecule has 0 fully saturated rings. The van der Waals surface area contributed by atoms with Crippen molar-refractivity contribution in [3.8, 4) is 5.75 Å². The van der Waals surface area contributed by atoms with Gasteiger partial charge in [0.2, 0.25) is 0 Å². The lowest BCUT2D eigenvalue weighted by Gasteiger charge is -2.15. The van der Waals surface area contributed by atoms with E-state index in [1.54, 1.807) is 12.1 Å². The van der Waals surface area contributed by atoms with Crippen molar-refractivity contribution in [1.29, 1.82) is 0 Å². The highest BCUT2D eigenvalue weighted by Gasteiger charge is 2.12. The predicted octanol–water partition coefficient (Wildman–Crippen LogP) is 3.07. The van der Waals surface area contributed by atoms with Gasteiger partial charge in [0.1, 0.15) is 5.75 Å². The number of nitrogens with one attached hydrogen (secondary N) is 1. The average Bonchev–Trinajstić information content (AvgIpc) is 2.64. The topological polar surface area (TPSA) is 58.6 Å². The molecule has 0 aliphatic heterocycles. The van der Waals surface area contributed by atoms with E-state index in [1.165, 1.54) is 0 Å². The van der Waals surface area contributed by atoms with Crippen molar-refractivity contribution in [2.24, 2.45) is 0 Å². The van der Waals surface area contributed by atoms with Gasteiger partial charge in [0.05, 0.1) is 6.10 Å². The van der Waals surface area contributed by atoms with Crippen LogP contribution in [0, 0.1) is 0 Å². The van der Waals surface area contributed by atoms with Crippen molar-refractivity contribution in [3.05, 3.63) is 78.4 Å². The monoisotopic (exact) mass is 321 g/mol. The second-order valence-electron chi connectivity index (χ2n) is 5.49. The molecular formula is C20H19NO3. The minimum absolute atomic E-state index is 0.0771. The maximum Gasteiger partial charge on any atom is 0.258 e. The van der Waals surface area contributed by atoms with E-state index < -0.39 is 6.10 Å². The van der Waals surface area contributed by atoms with E-state index in [-0.39, 0.29) is 19.1 Å². The highest BCUT2D eigenvalue weighted by atomic mass is 16.5. The highest BCUT2D eigenvalue weighted by Crippen LogP contribution is 2.23. The molecule has 0 heterocycles. The lowest BCUT2D eigenvalue weighted by molar-refractivity contribution is -0.123. The maximum absolute atomic E-state index is 11.9. The van der Waals surface area contributed by atoms with Gasteiger partial charge in [-0.2, -0.15) is 0 Å². The van der Waals surface area contributed by atoms with Crippen molar-refractivity contribution < 1.29 is 14.6 Å². The van der Waals surface area contributed by atoms with Gasteiger partial charge in [0, 0.05) is 6.54 Å². The fraction of sp³-hybridized carbons (Fsp3) is 0.150. The van der Waals surface area contributed by atoms with Crippen LogP contribution in [-0.2, 0) is 4.79 Å². The summed E-state index contributed by atoms with van der Waals surface area (Å²) in [6.45, 7) is 0.0667. The van der Waals surface area contributed by atoms with Crippen LogP contribution in [0.15, 0.2) is 72.8 Å². The maximum atomic E-state index is 11.9. The van der Waals surface area contributed by atoms with Crippen molar-refractivity contribution in [1.82, 2.24) is 5.32 Å². The summed E-state index contributed by atoms with van der Waals surface area (Å²) in [4.78, 5) is 11.9. The van der Waals surface area contributed by atoms with Gasteiger partial charge in [-0.3, -0.25) is 4.79 Å². The molecule has 1 atom stereocenters. The third-order valence-corrected chi connectivity index (χ3v) is 3.79. The first kappa shape index (κ1) is 16.0. The number of ether oxygens (including phenoxy) is 1. The fourth-order valence-electron chi connectivity index (χ4n) is 2.58. The number of amides is 1. The smallest absolute Gasteiger partial charge is 0.258 e. The minimum Gasteiger partial charge on any atom is -0.484 e. The van der Waals surface area contributed by atoms with Crippen LogP contribution in [0.2, 0.25) is 0 Å². The molecule has 24 heavy (non-hydrogen) atoms. The zero-order valence-electron chi connectivity index (χ0n) is 13.2. The molecule has 2 N–H and O–H groups in total. The first-order chi connectivity index (χ1) is 11.7. The van der Waals surface area contributed by atoms with Crippen molar-refractivity contribution >= 4 is 16.7 Å². The van der Waals surface area contributed by atoms with Gasteiger partial charge in [-0.15, -0.1) is 0 Å². The Balaban J connectivity index is 1.56. The molecule has 0 aliphatic carbocycles. The van der Waals surface area contributed by atoms with Crippen LogP contribution in [-0.4, -0.2) is 24.2 Å². The molecule has 0 radical (unpaired) electrons. The molecule has 0 spiro atoms. The van der Waals surface area contributed by atoms with E-state index >= 15 is 0 Å². The Morgan fingerprint density at radius 2 is 1.67 bits per heavy atom. The van der Waals surface area contributed by atoms with E-state index in [1.807, 2.05) is 60.7 Å². The molecule has 0 bridgehead atoms. The quantitative estimate of drug-likeness (QED) is 0.733. The summed E-state index contributed by atoms with van der Waals surface area (Å²) in [5.74, 6) is 0.375. The summed E-state index contributed by atoms with van der Waals surface area (Å²) in [5.41, 5.74) is 0.803. The fourth-order valence-corrected chi connectivity index (χ4v) is 2.58. The van der Waals surface area contributed by atoms with Crippen molar-refractivity contribution in [2.75, 3.05) is 13.2 Å². The van der Waals surface area contributed by atoms with E-state index in [4.69, 9.17) is 4.74 Å². The van der Waals surface area contributed by atoms with Gasteiger partial charge < -0.3 is 15.2 Å². The zero-order chi connectivity index (χ0) is 16.8. The number of carbonyl (C=O) groups is 1. The number of rotatable bonds is 6. The van der Waals surface area contributed by atoms with E-state index in [9.17, 15) is 9.90 Å². The second kappa shape index (κ2) is 7.62. The first-order valence-electron chi connectivity index (χ1n) is 7.84. The van der Waals surface area contributed by atoms with Crippen LogP contribution in [0.3, 0.4) is 0 Å². The van der Waals surface area contributed by atoms with Crippen LogP contribution >= 0.6 is 0 Å². The third kappa shape index (κ3) is 3.91. The van der Waals surface area contributed by atoms with Gasteiger partial charge in [-0.25, -0.2) is 0 Å². The van der Waals surface area contributed by atoms with Gasteiger partial charge in [0.25, 0.3) is 5.91 Å². The Kier molecular flexibility index (Phi) is 5.08. The van der Waals surface area contributed by atoms with Gasteiger partial charge in [0.15, 0.2) is 6.61 Å². The van der Waals surface area contributed by atoms with Crippen molar-refractivity contribution in [3.63, 3.8) is 0 Å². The number of hydrogen-bond acceptors (Lipinski definition) is 3. The van der Waals surface area contributed by atoms with Gasteiger partial charge in [-0.1, -0.05) is 60.7 Å². The number of para-hydroxylation sites is 1. The molecule has 3 aromatic carbocycles. The molecule has 4 nitrogen and oxygen atoms in total. The Labute approximate surface area is 140 Å². The number of aliphatic hydroxyl groups is 1. The van der Waals surface area contributed by atoms with Gasteiger partial charge >= 0.3 is 0 Å². The van der Waals surface area contributed by atoms with Crippen LogP contribution in [0.25, 0.3) is 10.8 Å². The molecule has 122 valence electrons. The number of fused-ring (bicyclic) bond motifs is 1. The number of aliphatic hydroxyl groups excluding tert-OH is 1. The van der Waals surface area contributed by atoms with Crippen LogP contribution < -0.4 is 10.1 Å². The summed E-state index contributed by atoms with van der Waals surface area (Å²) in [5, 5.41) is 15.2. The highest BCUT2D eigenvalue weighted by molar-refractivity contribution is 5.86.